The molecule has 1 atom stereocenters. The van der Waals surface area contributed by atoms with Gasteiger partial charge < -0.3 is 15.0 Å². The molecule has 1 fully saturated rings. The van der Waals surface area contributed by atoms with E-state index in [-0.39, 0.29) is 11.8 Å². The van der Waals surface area contributed by atoms with Gasteiger partial charge in [-0.2, -0.15) is 5.10 Å². The fraction of sp³-hybridized carbons (Fsp3) is 0.409. The third kappa shape index (κ3) is 5.05. The van der Waals surface area contributed by atoms with Gasteiger partial charge >= 0.3 is 0 Å². The normalized spacial score (nSPS) is 16.4. The Bertz CT molecular complexity index is 1050. The number of hydrogen-bond donors (Lipinski definition) is 2. The Balaban J connectivity index is 1.44. The maximum Gasteiger partial charge on any atom is 0.229 e. The first-order valence-electron chi connectivity index (χ1n) is 10.4. The van der Waals surface area contributed by atoms with E-state index in [1.165, 1.54) is 0 Å². The number of rotatable bonds is 6. The third-order valence-electron chi connectivity index (χ3n) is 5.25. The lowest BCUT2D eigenvalue weighted by atomic mass is 9.97. The van der Waals surface area contributed by atoms with Gasteiger partial charge in [0.15, 0.2) is 11.6 Å². The summed E-state index contributed by atoms with van der Waals surface area (Å²) in [5.41, 5.74) is 3.42. The molecule has 1 saturated heterocycles. The highest BCUT2D eigenvalue weighted by molar-refractivity contribution is 5.93. The number of H-pyrrole nitrogens is 1. The van der Waals surface area contributed by atoms with Gasteiger partial charge in [0.05, 0.1) is 5.92 Å². The molecule has 1 aromatic carbocycles. The fourth-order valence-corrected chi connectivity index (χ4v) is 3.83. The minimum absolute atomic E-state index is 0.00119. The molecular weight excluding hydrogens is 394 g/mol. The van der Waals surface area contributed by atoms with Crippen LogP contribution in [0.1, 0.15) is 30.1 Å². The molecule has 1 unspecified atom stereocenters. The van der Waals surface area contributed by atoms with Crippen molar-refractivity contribution in [2.75, 3.05) is 30.4 Å². The number of methoxy groups -OCH3 is 1. The molecular formula is C22H27N7O2. The van der Waals surface area contributed by atoms with Crippen LogP contribution in [0.15, 0.2) is 30.3 Å². The molecule has 162 valence electrons. The SMILES string of the molecule is COCc1nc(-c2cccc(NC(=O)C3CCCN(c4nc(C)cc(C)n4)C3)c2)n[nH]1. The lowest BCUT2D eigenvalue weighted by Gasteiger charge is -2.32. The van der Waals surface area contributed by atoms with Crippen LogP contribution in [0.25, 0.3) is 11.4 Å². The number of aromatic nitrogens is 5. The summed E-state index contributed by atoms with van der Waals surface area (Å²) in [6.45, 7) is 5.76. The zero-order valence-electron chi connectivity index (χ0n) is 18.1. The Morgan fingerprint density at radius 2 is 2.03 bits per heavy atom. The molecule has 31 heavy (non-hydrogen) atoms. The number of aryl methyl sites for hydroxylation is 2. The highest BCUT2D eigenvalue weighted by atomic mass is 16.5. The first-order chi connectivity index (χ1) is 15.0. The van der Waals surface area contributed by atoms with Gasteiger partial charge in [-0.05, 0) is 44.9 Å². The van der Waals surface area contributed by atoms with Crippen LogP contribution in [0, 0.1) is 19.8 Å². The van der Waals surface area contributed by atoms with E-state index in [1.54, 1.807) is 7.11 Å². The molecule has 0 radical (unpaired) electrons. The van der Waals surface area contributed by atoms with Gasteiger partial charge in [0.2, 0.25) is 11.9 Å². The van der Waals surface area contributed by atoms with Crippen LogP contribution in [0.5, 0.6) is 0 Å². The summed E-state index contributed by atoms with van der Waals surface area (Å²) < 4.78 is 5.07. The van der Waals surface area contributed by atoms with Crippen molar-refractivity contribution in [2.45, 2.75) is 33.3 Å². The largest absolute Gasteiger partial charge is 0.377 e. The summed E-state index contributed by atoms with van der Waals surface area (Å²) in [5.74, 6) is 1.80. The minimum atomic E-state index is -0.126. The van der Waals surface area contributed by atoms with Crippen molar-refractivity contribution >= 4 is 17.5 Å². The predicted molar refractivity (Wildman–Crippen MR) is 118 cm³/mol. The maximum atomic E-state index is 13.0. The van der Waals surface area contributed by atoms with E-state index in [0.717, 1.165) is 42.0 Å². The molecule has 1 amide bonds. The van der Waals surface area contributed by atoms with Crippen LogP contribution in [-0.2, 0) is 16.1 Å². The zero-order chi connectivity index (χ0) is 21.8. The molecule has 9 nitrogen and oxygen atoms in total. The standard InChI is InChI=1S/C22H27N7O2/c1-14-10-15(2)24-22(23-14)29-9-5-7-17(12-29)21(30)25-18-8-4-6-16(11-18)20-26-19(13-31-3)27-28-20/h4,6,8,10-11,17H,5,7,9,12-13H2,1-3H3,(H,25,30)(H,26,27,28). The van der Waals surface area contributed by atoms with Gasteiger partial charge in [-0.15, -0.1) is 0 Å². The van der Waals surface area contributed by atoms with Gasteiger partial charge in [0.25, 0.3) is 0 Å². The number of piperidine rings is 1. The summed E-state index contributed by atoms with van der Waals surface area (Å²) in [5, 5.41) is 10.1. The number of ether oxygens (including phenoxy) is 1. The Kier molecular flexibility index (Phi) is 6.22. The van der Waals surface area contributed by atoms with Crippen molar-refractivity contribution < 1.29 is 9.53 Å². The zero-order valence-corrected chi connectivity index (χ0v) is 18.1. The summed E-state index contributed by atoms with van der Waals surface area (Å²) in [7, 11) is 1.61. The van der Waals surface area contributed by atoms with Crippen LogP contribution in [0.2, 0.25) is 0 Å². The average molecular weight is 422 g/mol. The topological polar surface area (TPSA) is 109 Å². The number of carbonyl (C=O) groups excluding carboxylic acids is 1. The number of aromatic amines is 1. The smallest absolute Gasteiger partial charge is 0.229 e. The van der Waals surface area contributed by atoms with Crippen molar-refractivity contribution in [3.8, 4) is 11.4 Å². The average Bonchev–Trinajstić information content (AvgIpc) is 3.22. The van der Waals surface area contributed by atoms with E-state index in [9.17, 15) is 4.79 Å². The first kappa shape index (κ1) is 20.9. The summed E-state index contributed by atoms with van der Waals surface area (Å²) in [6.07, 6.45) is 1.77. The first-order valence-corrected chi connectivity index (χ1v) is 10.4. The van der Waals surface area contributed by atoms with Crippen LogP contribution in [-0.4, -0.2) is 51.3 Å². The Labute approximate surface area is 181 Å². The number of anilines is 2. The number of carbonyl (C=O) groups is 1. The van der Waals surface area contributed by atoms with E-state index >= 15 is 0 Å². The number of nitrogens with one attached hydrogen (secondary N) is 2. The molecule has 0 spiro atoms. The highest BCUT2D eigenvalue weighted by Crippen LogP contribution is 2.24. The molecule has 1 aliphatic heterocycles. The van der Waals surface area contributed by atoms with Crippen molar-refractivity contribution in [1.82, 2.24) is 25.1 Å². The predicted octanol–water partition coefficient (Wildman–Crippen LogP) is 2.88. The highest BCUT2D eigenvalue weighted by Gasteiger charge is 2.27. The van der Waals surface area contributed by atoms with Crippen LogP contribution < -0.4 is 10.2 Å². The van der Waals surface area contributed by atoms with Crippen molar-refractivity contribution in [1.29, 1.82) is 0 Å². The van der Waals surface area contributed by atoms with Crippen molar-refractivity contribution in [3.05, 3.63) is 47.5 Å². The molecule has 0 aliphatic carbocycles. The van der Waals surface area contributed by atoms with Crippen LogP contribution >= 0.6 is 0 Å². The van der Waals surface area contributed by atoms with Gasteiger partial charge in [0.1, 0.15) is 6.61 Å². The molecule has 3 heterocycles. The second-order valence-electron chi connectivity index (χ2n) is 7.84. The van der Waals surface area contributed by atoms with E-state index in [2.05, 4.69) is 35.4 Å². The number of hydrogen-bond acceptors (Lipinski definition) is 7. The minimum Gasteiger partial charge on any atom is -0.377 e. The molecule has 1 aliphatic rings. The van der Waals surface area contributed by atoms with Crippen LogP contribution in [0.4, 0.5) is 11.6 Å². The fourth-order valence-electron chi connectivity index (χ4n) is 3.83. The van der Waals surface area contributed by atoms with Crippen LogP contribution in [0.3, 0.4) is 0 Å². The summed E-state index contributed by atoms with van der Waals surface area (Å²) >= 11 is 0. The molecule has 4 rings (SSSR count). The number of benzene rings is 1. The molecule has 0 bridgehead atoms. The van der Waals surface area contributed by atoms with Gasteiger partial charge in [0, 0.05) is 42.8 Å². The molecule has 0 saturated carbocycles. The van der Waals surface area contributed by atoms with E-state index in [0.29, 0.717) is 30.7 Å². The van der Waals surface area contributed by atoms with Gasteiger partial charge in [-0.3, -0.25) is 9.89 Å². The lowest BCUT2D eigenvalue weighted by Crippen LogP contribution is -2.41. The molecule has 9 heteroatoms. The van der Waals surface area contributed by atoms with Crippen molar-refractivity contribution in [3.63, 3.8) is 0 Å². The van der Waals surface area contributed by atoms with Gasteiger partial charge in [-0.25, -0.2) is 15.0 Å². The molecule has 2 N–H and O–H groups in total. The number of amides is 1. The second kappa shape index (κ2) is 9.22. The van der Waals surface area contributed by atoms with E-state index in [4.69, 9.17) is 4.74 Å². The Morgan fingerprint density at radius 3 is 2.81 bits per heavy atom. The molecule has 3 aromatic rings. The van der Waals surface area contributed by atoms with Crippen molar-refractivity contribution in [2.24, 2.45) is 5.92 Å². The number of nitrogens with zero attached hydrogens (tertiary/aromatic N) is 5. The second-order valence-corrected chi connectivity index (χ2v) is 7.84. The maximum absolute atomic E-state index is 13.0. The Morgan fingerprint density at radius 1 is 1.23 bits per heavy atom. The third-order valence-corrected chi connectivity index (χ3v) is 5.25. The summed E-state index contributed by atoms with van der Waals surface area (Å²) in [4.78, 5) is 28.6. The molecule has 2 aromatic heterocycles. The van der Waals surface area contributed by atoms with E-state index < -0.39 is 0 Å². The monoisotopic (exact) mass is 421 g/mol. The quantitative estimate of drug-likeness (QED) is 0.630. The lowest BCUT2D eigenvalue weighted by molar-refractivity contribution is -0.120. The Hall–Kier alpha value is -3.33. The van der Waals surface area contributed by atoms with E-state index in [1.807, 2.05) is 44.2 Å². The van der Waals surface area contributed by atoms with Gasteiger partial charge in [-0.1, -0.05) is 12.1 Å². The summed E-state index contributed by atoms with van der Waals surface area (Å²) in [6, 6.07) is 9.50.